The first-order valence-electron chi connectivity index (χ1n) is 9.74. The van der Waals surface area contributed by atoms with Gasteiger partial charge in [-0.15, -0.1) is 0 Å². The highest BCUT2D eigenvalue weighted by Gasteiger charge is 2.44. The lowest BCUT2D eigenvalue weighted by molar-refractivity contribution is -0.198. The first-order chi connectivity index (χ1) is 16.1. The largest absolute Gasteiger partial charge is 0.457 e. The summed E-state index contributed by atoms with van der Waals surface area (Å²) >= 11 is 6.01. The molecule has 4 aromatic rings. The second-order valence-electron chi connectivity index (χ2n) is 7.18. The summed E-state index contributed by atoms with van der Waals surface area (Å²) < 4.78 is 75.1. The molecular weight excluding hydrogens is 493 g/mol. The van der Waals surface area contributed by atoms with E-state index in [4.69, 9.17) is 16.3 Å². The summed E-state index contributed by atoms with van der Waals surface area (Å²) in [5.41, 5.74) is 0.835. The Balaban J connectivity index is 1.86. The molecule has 4 rings (SSSR count). The predicted octanol–water partition coefficient (Wildman–Crippen LogP) is 5.47. The molecule has 0 spiro atoms. The first-order valence-corrected chi connectivity index (χ1v) is 11.6. The van der Waals surface area contributed by atoms with Gasteiger partial charge in [0, 0.05) is 18.0 Å². The van der Waals surface area contributed by atoms with Crippen LogP contribution >= 0.6 is 11.6 Å². The third-order valence-electron chi connectivity index (χ3n) is 4.74. The van der Waals surface area contributed by atoms with E-state index >= 15 is 0 Å². The van der Waals surface area contributed by atoms with Crippen LogP contribution in [0.25, 0.3) is 11.0 Å². The molecule has 0 saturated heterocycles. The van der Waals surface area contributed by atoms with Crippen molar-refractivity contribution in [2.75, 3.05) is 4.72 Å². The number of hydrogen-bond acceptors (Lipinski definition) is 6. The van der Waals surface area contributed by atoms with Crippen LogP contribution in [-0.2, 0) is 10.0 Å². The number of benzene rings is 2. The van der Waals surface area contributed by atoms with Crippen LogP contribution in [-0.4, -0.2) is 29.5 Å². The number of alkyl halides is 3. The van der Waals surface area contributed by atoms with Gasteiger partial charge < -0.3 is 4.74 Å². The van der Waals surface area contributed by atoms with Gasteiger partial charge in [0.15, 0.2) is 0 Å². The number of rotatable bonds is 6. The van der Waals surface area contributed by atoms with Gasteiger partial charge in [-0.1, -0.05) is 41.9 Å². The smallest absolute Gasteiger partial charge is 0.429 e. The van der Waals surface area contributed by atoms with Crippen LogP contribution in [0, 0.1) is 6.92 Å². The van der Waals surface area contributed by atoms with Crippen LogP contribution in [0.5, 0.6) is 5.88 Å². The molecule has 1 unspecified atom stereocenters. The van der Waals surface area contributed by atoms with Crippen molar-refractivity contribution in [1.29, 1.82) is 0 Å². The Kier molecular flexibility index (Phi) is 6.32. The molecule has 2 heterocycles. The number of para-hydroxylation sites is 1. The minimum Gasteiger partial charge on any atom is -0.457 e. The van der Waals surface area contributed by atoms with Crippen LogP contribution in [0.3, 0.4) is 0 Å². The summed E-state index contributed by atoms with van der Waals surface area (Å²) in [6.45, 7) is 1.69. The number of aryl methyl sites for hydroxylation is 1. The maximum absolute atomic E-state index is 13.9. The van der Waals surface area contributed by atoms with Crippen LogP contribution in [0.15, 0.2) is 71.9 Å². The monoisotopic (exact) mass is 508 g/mol. The maximum Gasteiger partial charge on any atom is 0.429 e. The molecular formula is C22H16ClF3N4O3S. The predicted molar refractivity (Wildman–Crippen MR) is 120 cm³/mol. The van der Waals surface area contributed by atoms with Gasteiger partial charge >= 0.3 is 6.18 Å². The normalized spacial score (nSPS) is 13.0. The molecule has 12 heteroatoms. The molecule has 0 radical (unpaired) electrons. The number of fused-ring (bicyclic) bond motifs is 1. The number of nitrogens with zero attached hydrogens (tertiary/aromatic N) is 3. The molecule has 0 amide bonds. The number of nitrogens with one attached hydrogen (secondary N) is 1. The first kappa shape index (κ1) is 23.7. The van der Waals surface area contributed by atoms with E-state index in [0.717, 1.165) is 6.20 Å². The number of sulfonamides is 1. The molecule has 0 fully saturated rings. The van der Waals surface area contributed by atoms with Gasteiger partial charge in [0.05, 0.1) is 16.1 Å². The molecule has 7 nitrogen and oxygen atoms in total. The van der Waals surface area contributed by atoms with Gasteiger partial charge in [0.25, 0.3) is 15.9 Å². The highest BCUT2D eigenvalue weighted by atomic mass is 35.5. The molecule has 0 aliphatic heterocycles. The lowest BCUT2D eigenvalue weighted by Gasteiger charge is -2.23. The maximum atomic E-state index is 13.9. The number of aromatic nitrogens is 3. The fraction of sp³-hybridized carbons (Fsp3) is 0.136. The van der Waals surface area contributed by atoms with E-state index in [1.807, 2.05) is 0 Å². The van der Waals surface area contributed by atoms with Crippen LogP contribution in [0.2, 0.25) is 5.02 Å². The van der Waals surface area contributed by atoms with Crippen molar-refractivity contribution in [3.8, 4) is 5.88 Å². The number of anilines is 1. The third-order valence-corrected chi connectivity index (χ3v) is 6.57. The summed E-state index contributed by atoms with van der Waals surface area (Å²) in [4.78, 5) is 11.8. The molecule has 0 bridgehead atoms. The second kappa shape index (κ2) is 9.07. The molecule has 0 aliphatic carbocycles. The van der Waals surface area contributed by atoms with E-state index in [1.54, 1.807) is 25.1 Å². The van der Waals surface area contributed by atoms with E-state index in [9.17, 15) is 21.6 Å². The van der Waals surface area contributed by atoms with Gasteiger partial charge in [0.1, 0.15) is 4.90 Å². The van der Waals surface area contributed by atoms with Crippen molar-refractivity contribution in [1.82, 2.24) is 15.0 Å². The van der Waals surface area contributed by atoms with Crippen LogP contribution < -0.4 is 9.46 Å². The molecule has 34 heavy (non-hydrogen) atoms. The summed E-state index contributed by atoms with van der Waals surface area (Å²) in [6.07, 6.45) is -5.00. The fourth-order valence-electron chi connectivity index (χ4n) is 3.16. The molecule has 2 aromatic carbocycles. The Labute approximate surface area is 197 Å². The summed E-state index contributed by atoms with van der Waals surface area (Å²) in [5.74, 6) is -1.17. The average molecular weight is 509 g/mol. The van der Waals surface area contributed by atoms with Crippen molar-refractivity contribution in [2.45, 2.75) is 24.1 Å². The quantitative estimate of drug-likeness (QED) is 0.371. The molecule has 176 valence electrons. The minimum absolute atomic E-state index is 0.0782. The van der Waals surface area contributed by atoms with E-state index in [2.05, 4.69) is 19.7 Å². The van der Waals surface area contributed by atoms with Crippen LogP contribution in [0.4, 0.5) is 19.0 Å². The van der Waals surface area contributed by atoms with Gasteiger partial charge in [-0.05, 0) is 36.8 Å². The van der Waals surface area contributed by atoms with E-state index in [0.29, 0.717) is 5.56 Å². The van der Waals surface area contributed by atoms with Crippen LogP contribution in [0.1, 0.15) is 17.2 Å². The van der Waals surface area contributed by atoms with Crippen molar-refractivity contribution in [3.05, 3.63) is 83.1 Å². The molecule has 0 aliphatic rings. The molecule has 0 saturated carbocycles. The SMILES string of the molecule is Cc1cccc2nc(NS(=O)(=O)c3ccccc3Cl)c(OC(c3cccnc3)C(F)(F)F)nc12. The van der Waals surface area contributed by atoms with Crippen molar-refractivity contribution < 1.29 is 26.3 Å². The topological polar surface area (TPSA) is 94.1 Å². The highest BCUT2D eigenvalue weighted by molar-refractivity contribution is 7.92. The standard InChI is InChI=1S/C22H16ClF3N4O3S/c1-13-6-4-9-16-18(13)29-21(33-19(22(24,25)26)14-7-5-11-27-12-14)20(28-16)30-34(31,32)17-10-3-2-8-15(17)23/h2-12,19H,1H3,(H,28,30). The van der Waals surface area contributed by atoms with Gasteiger partial charge in [-0.3, -0.25) is 9.71 Å². The Morgan fingerprint density at radius 1 is 1.03 bits per heavy atom. The van der Waals surface area contributed by atoms with E-state index in [1.165, 1.54) is 42.6 Å². The van der Waals surface area contributed by atoms with Crippen molar-refractivity contribution in [3.63, 3.8) is 0 Å². The van der Waals surface area contributed by atoms with Crippen molar-refractivity contribution >= 4 is 38.5 Å². The van der Waals surface area contributed by atoms with Gasteiger partial charge in [-0.2, -0.15) is 13.2 Å². The van der Waals surface area contributed by atoms with E-state index < -0.39 is 34.0 Å². The summed E-state index contributed by atoms with van der Waals surface area (Å²) in [5, 5.41) is -0.0782. The third kappa shape index (κ3) is 4.90. The summed E-state index contributed by atoms with van der Waals surface area (Å²) in [6, 6.07) is 13.0. The van der Waals surface area contributed by atoms with E-state index in [-0.39, 0.29) is 26.5 Å². The fourth-order valence-corrected chi connectivity index (χ4v) is 4.68. The summed E-state index contributed by atoms with van der Waals surface area (Å²) in [7, 11) is -4.34. The van der Waals surface area contributed by atoms with Crippen molar-refractivity contribution in [2.24, 2.45) is 0 Å². The Hall–Kier alpha value is -3.44. The molecule has 1 N–H and O–H groups in total. The zero-order valence-electron chi connectivity index (χ0n) is 17.4. The average Bonchev–Trinajstić information content (AvgIpc) is 2.78. The Bertz CT molecular complexity index is 1450. The molecule has 2 aromatic heterocycles. The number of pyridine rings is 1. The minimum atomic E-state index is -4.86. The molecule has 1 atom stereocenters. The van der Waals surface area contributed by atoms with Gasteiger partial charge in [-0.25, -0.2) is 18.4 Å². The number of hydrogen-bond donors (Lipinski definition) is 1. The number of halogens is 4. The zero-order chi connectivity index (χ0) is 24.5. The highest BCUT2D eigenvalue weighted by Crippen LogP contribution is 2.39. The Morgan fingerprint density at radius 2 is 1.79 bits per heavy atom. The lowest BCUT2D eigenvalue weighted by Crippen LogP contribution is -2.27. The second-order valence-corrected chi connectivity index (χ2v) is 9.24. The lowest BCUT2D eigenvalue weighted by atomic mass is 10.1. The Morgan fingerprint density at radius 3 is 2.47 bits per heavy atom. The van der Waals surface area contributed by atoms with Gasteiger partial charge in [0.2, 0.25) is 11.9 Å². The number of ether oxygens (including phenoxy) is 1. The zero-order valence-corrected chi connectivity index (χ0v) is 19.0.